The fraction of sp³-hybridized carbons (Fsp3) is 0.150. The lowest BCUT2D eigenvalue weighted by atomic mass is 10.3. The zero-order valence-corrected chi connectivity index (χ0v) is 16.2. The van der Waals surface area contributed by atoms with Crippen molar-refractivity contribution in [1.82, 2.24) is 14.3 Å². The number of carbonyl (C=O) groups is 1. The van der Waals surface area contributed by atoms with Crippen LogP contribution in [0.4, 0.5) is 11.5 Å². The summed E-state index contributed by atoms with van der Waals surface area (Å²) in [6, 6.07) is 14.1. The number of pyridine rings is 1. The van der Waals surface area contributed by atoms with Crippen LogP contribution in [-0.2, 0) is 11.8 Å². The maximum absolute atomic E-state index is 12.9. The summed E-state index contributed by atoms with van der Waals surface area (Å²) in [6.45, 7) is 3.03. The predicted molar refractivity (Wildman–Crippen MR) is 108 cm³/mol. The van der Waals surface area contributed by atoms with Crippen molar-refractivity contribution in [3.8, 4) is 5.69 Å². The molecule has 0 spiro atoms. The van der Waals surface area contributed by atoms with Crippen LogP contribution in [0.15, 0.2) is 81.2 Å². The van der Waals surface area contributed by atoms with Crippen LogP contribution in [0.25, 0.3) is 5.69 Å². The number of carbonyl (C=O) groups excluding carboxylic acids is 1. The van der Waals surface area contributed by atoms with E-state index < -0.39 is 5.91 Å². The number of hydrogen-bond donors (Lipinski definition) is 2. The zero-order chi connectivity index (χ0) is 21.0. The minimum Gasteiger partial charge on any atom is -0.510 e. The highest BCUT2D eigenvalue weighted by Gasteiger charge is 2.18. The summed E-state index contributed by atoms with van der Waals surface area (Å²) in [5.74, 6) is -0.725. The smallest absolute Gasteiger partial charge is 0.299 e. The molecule has 0 unspecified atom stereocenters. The van der Waals surface area contributed by atoms with E-state index in [9.17, 15) is 14.7 Å². The summed E-state index contributed by atoms with van der Waals surface area (Å²) in [7, 11) is 1.73. The molecule has 2 N–H and O–H groups in total. The van der Waals surface area contributed by atoms with Gasteiger partial charge < -0.3 is 10.4 Å². The third-order valence-corrected chi connectivity index (χ3v) is 4.24. The summed E-state index contributed by atoms with van der Waals surface area (Å²) >= 11 is 0. The number of nitrogens with zero attached hydrogens (tertiary/aromatic N) is 5. The average molecular weight is 392 g/mol. The molecular formula is C20H20N6O3. The molecule has 2 aromatic heterocycles. The summed E-state index contributed by atoms with van der Waals surface area (Å²) in [6.07, 6.45) is 1.52. The molecule has 3 rings (SSSR count). The third-order valence-electron chi connectivity index (χ3n) is 4.24. The van der Waals surface area contributed by atoms with Crippen molar-refractivity contribution in [2.24, 2.45) is 17.3 Å². The Labute approximate surface area is 166 Å². The molecule has 0 aliphatic carbocycles. The van der Waals surface area contributed by atoms with Crippen LogP contribution in [0.3, 0.4) is 0 Å². The molecule has 9 heteroatoms. The number of rotatable bonds is 5. The first kappa shape index (κ1) is 19.7. The maximum Gasteiger partial charge on any atom is 0.299 e. The molecule has 9 nitrogen and oxygen atoms in total. The fourth-order valence-electron chi connectivity index (χ4n) is 2.66. The van der Waals surface area contributed by atoms with Gasteiger partial charge in [0.25, 0.3) is 11.5 Å². The number of hydrogen-bond acceptors (Lipinski definition) is 6. The van der Waals surface area contributed by atoms with Gasteiger partial charge in [-0.15, -0.1) is 10.2 Å². The van der Waals surface area contributed by atoms with Gasteiger partial charge in [0, 0.05) is 13.2 Å². The number of para-hydroxylation sites is 1. The number of aliphatic hydroxyl groups excluding tert-OH is 1. The molecule has 0 saturated carbocycles. The second kappa shape index (κ2) is 8.34. The van der Waals surface area contributed by atoms with Gasteiger partial charge in [0.15, 0.2) is 11.4 Å². The van der Waals surface area contributed by atoms with Gasteiger partial charge in [0.1, 0.15) is 11.6 Å². The van der Waals surface area contributed by atoms with Crippen molar-refractivity contribution in [1.29, 1.82) is 0 Å². The van der Waals surface area contributed by atoms with Crippen molar-refractivity contribution >= 4 is 17.4 Å². The zero-order valence-electron chi connectivity index (χ0n) is 16.2. The average Bonchev–Trinajstić information content (AvgIpc) is 2.92. The standard InChI is InChI=1S/C20H20N6O3/c1-13-17(20(29)26(25(13)3)15-9-5-4-6-10-15)23-24-18(14(2)27)19(28)22-16-11-7-8-12-21-16/h4-12,27H,1-3H3,(H,21,22,28)/b18-14-,24-23?. The maximum atomic E-state index is 12.9. The quantitative estimate of drug-likeness (QED) is 0.393. The molecule has 1 aromatic carbocycles. The predicted octanol–water partition coefficient (Wildman–Crippen LogP) is 3.39. The van der Waals surface area contributed by atoms with Gasteiger partial charge in [-0.05, 0) is 38.1 Å². The molecule has 0 fully saturated rings. The number of anilines is 1. The van der Waals surface area contributed by atoms with E-state index in [0.717, 1.165) is 0 Å². The Balaban J connectivity index is 1.95. The van der Waals surface area contributed by atoms with Crippen molar-refractivity contribution in [2.75, 3.05) is 5.32 Å². The monoisotopic (exact) mass is 392 g/mol. The Hall–Kier alpha value is -4.01. The van der Waals surface area contributed by atoms with Crippen LogP contribution < -0.4 is 10.9 Å². The van der Waals surface area contributed by atoms with Crippen molar-refractivity contribution < 1.29 is 9.90 Å². The molecule has 0 aliphatic heterocycles. The van der Waals surface area contributed by atoms with Gasteiger partial charge in [0.2, 0.25) is 0 Å². The Bertz CT molecular complexity index is 1140. The SMILES string of the molecule is C/C(O)=C(/N=Nc1c(C)n(C)n(-c2ccccc2)c1=O)C(=O)Nc1ccccn1. The minimum absolute atomic E-state index is 0.0701. The van der Waals surface area contributed by atoms with Crippen LogP contribution >= 0.6 is 0 Å². The van der Waals surface area contributed by atoms with Gasteiger partial charge in [-0.25, -0.2) is 9.67 Å². The van der Waals surface area contributed by atoms with Gasteiger partial charge in [-0.3, -0.25) is 14.3 Å². The van der Waals surface area contributed by atoms with Gasteiger partial charge in [-0.1, -0.05) is 24.3 Å². The van der Waals surface area contributed by atoms with Crippen LogP contribution in [0, 0.1) is 6.92 Å². The second-order valence-electron chi connectivity index (χ2n) is 6.21. The summed E-state index contributed by atoms with van der Waals surface area (Å²) in [5.41, 5.74) is 0.597. The van der Waals surface area contributed by atoms with Crippen LogP contribution in [0.1, 0.15) is 12.6 Å². The summed E-state index contributed by atoms with van der Waals surface area (Å²) < 4.78 is 3.10. The van der Waals surface area contributed by atoms with Crippen molar-refractivity contribution in [3.05, 3.63) is 82.2 Å². The van der Waals surface area contributed by atoms with E-state index in [-0.39, 0.29) is 22.7 Å². The Kier molecular flexibility index (Phi) is 5.68. The number of benzene rings is 1. The Morgan fingerprint density at radius 3 is 2.45 bits per heavy atom. The van der Waals surface area contributed by atoms with E-state index in [4.69, 9.17) is 0 Å². The number of nitrogens with one attached hydrogen (secondary N) is 1. The highest BCUT2D eigenvalue weighted by molar-refractivity contribution is 6.03. The van der Waals surface area contributed by atoms with Gasteiger partial charge in [-0.2, -0.15) is 0 Å². The Morgan fingerprint density at radius 1 is 1.14 bits per heavy atom. The first-order chi connectivity index (χ1) is 13.9. The number of allylic oxidation sites excluding steroid dienone is 1. The van der Waals surface area contributed by atoms with E-state index in [0.29, 0.717) is 17.2 Å². The molecule has 3 aromatic rings. The first-order valence-electron chi connectivity index (χ1n) is 8.78. The highest BCUT2D eigenvalue weighted by atomic mass is 16.3. The van der Waals surface area contributed by atoms with Crippen molar-refractivity contribution in [2.45, 2.75) is 13.8 Å². The summed E-state index contributed by atoms with van der Waals surface area (Å²) in [4.78, 5) is 29.3. The van der Waals surface area contributed by atoms with Crippen LogP contribution in [0.2, 0.25) is 0 Å². The van der Waals surface area contributed by atoms with E-state index in [1.165, 1.54) is 17.8 Å². The largest absolute Gasteiger partial charge is 0.510 e. The van der Waals surface area contributed by atoms with Crippen LogP contribution in [0.5, 0.6) is 0 Å². The molecule has 0 radical (unpaired) electrons. The molecule has 2 heterocycles. The van der Waals surface area contributed by atoms with Gasteiger partial charge in [0.05, 0.1) is 11.4 Å². The molecule has 29 heavy (non-hydrogen) atoms. The normalized spacial score (nSPS) is 12.1. The molecule has 0 atom stereocenters. The topological polar surface area (TPSA) is 114 Å². The molecule has 148 valence electrons. The van der Waals surface area contributed by atoms with E-state index in [1.807, 2.05) is 18.2 Å². The van der Waals surface area contributed by atoms with Crippen molar-refractivity contribution in [3.63, 3.8) is 0 Å². The number of amides is 1. The van der Waals surface area contributed by atoms with Crippen LogP contribution in [-0.4, -0.2) is 25.4 Å². The lowest BCUT2D eigenvalue weighted by Gasteiger charge is -2.07. The first-order valence-corrected chi connectivity index (χ1v) is 8.78. The van der Waals surface area contributed by atoms with E-state index in [1.54, 1.807) is 49.0 Å². The number of azo groups is 1. The minimum atomic E-state index is -0.690. The molecule has 0 aliphatic rings. The number of aromatic nitrogens is 3. The lowest BCUT2D eigenvalue weighted by molar-refractivity contribution is -0.113. The lowest BCUT2D eigenvalue weighted by Crippen LogP contribution is -2.19. The van der Waals surface area contributed by atoms with E-state index in [2.05, 4.69) is 20.5 Å². The molecule has 1 amide bonds. The Morgan fingerprint density at radius 2 is 1.83 bits per heavy atom. The van der Waals surface area contributed by atoms with Gasteiger partial charge >= 0.3 is 0 Å². The third kappa shape index (κ3) is 4.13. The molecule has 0 saturated heterocycles. The molecular weight excluding hydrogens is 372 g/mol. The fourth-order valence-corrected chi connectivity index (χ4v) is 2.66. The number of aliphatic hydroxyl groups is 1. The van der Waals surface area contributed by atoms with E-state index >= 15 is 0 Å². The summed E-state index contributed by atoms with van der Waals surface area (Å²) in [5, 5.41) is 20.2. The second-order valence-corrected chi connectivity index (χ2v) is 6.21. The molecule has 0 bridgehead atoms. The highest BCUT2D eigenvalue weighted by Crippen LogP contribution is 2.19.